The fraction of sp³-hybridized carbons (Fsp3) is 0.476. The lowest BCUT2D eigenvalue weighted by atomic mass is 9.97. The van der Waals surface area contributed by atoms with Gasteiger partial charge in [0.05, 0.1) is 25.5 Å². The minimum atomic E-state index is -0.163. The lowest BCUT2D eigenvalue weighted by Crippen LogP contribution is -2.52. The molecule has 2 fully saturated rings. The molecule has 2 heterocycles. The van der Waals surface area contributed by atoms with E-state index in [0.717, 1.165) is 62.4 Å². The summed E-state index contributed by atoms with van der Waals surface area (Å²) in [5.74, 6) is 0.459. The highest BCUT2D eigenvalue weighted by Crippen LogP contribution is 2.24. The van der Waals surface area contributed by atoms with E-state index in [2.05, 4.69) is 15.5 Å². The van der Waals surface area contributed by atoms with E-state index in [-0.39, 0.29) is 12.1 Å². The van der Waals surface area contributed by atoms with Crippen LogP contribution in [-0.4, -0.2) is 63.0 Å². The van der Waals surface area contributed by atoms with E-state index in [4.69, 9.17) is 9.47 Å². The van der Waals surface area contributed by atoms with E-state index in [1.807, 2.05) is 42.5 Å². The predicted octanol–water partition coefficient (Wildman–Crippen LogP) is 2.70. The third-order valence-corrected chi connectivity index (χ3v) is 5.53. The molecule has 2 N–H and O–H groups in total. The molecule has 2 amide bonds. The van der Waals surface area contributed by atoms with Gasteiger partial charge in [0.15, 0.2) is 0 Å². The van der Waals surface area contributed by atoms with Crippen molar-refractivity contribution in [2.24, 2.45) is 5.92 Å². The standard InChI is InChI=1S/C21H27N3O3/c25-21(23-19-7-3-5-16-4-1-2-6-18(16)19)22-14-20(17-8-11-27-15-17)24-9-12-26-13-10-24/h1-7,17,20H,8-15H2,(H2,22,23,25). The fourth-order valence-electron chi connectivity index (χ4n) is 4.06. The van der Waals surface area contributed by atoms with Gasteiger partial charge in [-0.2, -0.15) is 0 Å². The summed E-state index contributed by atoms with van der Waals surface area (Å²) >= 11 is 0. The van der Waals surface area contributed by atoms with Crippen molar-refractivity contribution in [1.29, 1.82) is 0 Å². The molecule has 4 rings (SSSR count). The number of carbonyl (C=O) groups is 1. The van der Waals surface area contributed by atoms with E-state index in [1.54, 1.807) is 0 Å². The van der Waals surface area contributed by atoms with E-state index in [1.165, 1.54) is 0 Å². The Kier molecular flexibility index (Phi) is 5.87. The number of nitrogens with one attached hydrogen (secondary N) is 2. The molecule has 0 bridgehead atoms. The molecule has 2 aliphatic rings. The maximum atomic E-state index is 12.6. The first-order valence-electron chi connectivity index (χ1n) is 9.73. The molecule has 0 aromatic heterocycles. The molecular formula is C21H27N3O3. The highest BCUT2D eigenvalue weighted by Gasteiger charge is 2.31. The van der Waals surface area contributed by atoms with Crippen molar-refractivity contribution < 1.29 is 14.3 Å². The summed E-state index contributed by atoms with van der Waals surface area (Å²) in [5, 5.41) is 8.25. The third-order valence-electron chi connectivity index (χ3n) is 5.53. The Morgan fingerprint density at radius 2 is 1.89 bits per heavy atom. The Bertz CT molecular complexity index is 765. The zero-order valence-electron chi connectivity index (χ0n) is 15.5. The van der Waals surface area contributed by atoms with Crippen LogP contribution in [0.4, 0.5) is 10.5 Å². The van der Waals surface area contributed by atoms with E-state index >= 15 is 0 Å². The van der Waals surface area contributed by atoms with Crippen molar-refractivity contribution in [3.63, 3.8) is 0 Å². The maximum absolute atomic E-state index is 12.6. The normalized spacial score (nSPS) is 21.9. The number of nitrogens with zero attached hydrogens (tertiary/aromatic N) is 1. The first kappa shape index (κ1) is 18.2. The van der Waals surface area contributed by atoms with Gasteiger partial charge in [0.2, 0.25) is 0 Å². The largest absolute Gasteiger partial charge is 0.381 e. The first-order chi connectivity index (χ1) is 13.3. The molecule has 2 aromatic rings. The summed E-state index contributed by atoms with van der Waals surface area (Å²) in [6.07, 6.45) is 1.05. The summed E-state index contributed by atoms with van der Waals surface area (Å²) in [4.78, 5) is 15.0. The van der Waals surface area contributed by atoms with Crippen LogP contribution in [0.1, 0.15) is 6.42 Å². The van der Waals surface area contributed by atoms with Crippen LogP contribution in [-0.2, 0) is 9.47 Å². The van der Waals surface area contributed by atoms with Crippen molar-refractivity contribution >= 4 is 22.5 Å². The van der Waals surface area contributed by atoms with E-state index in [0.29, 0.717) is 12.5 Å². The number of urea groups is 1. The van der Waals surface area contributed by atoms with Crippen molar-refractivity contribution in [2.75, 3.05) is 51.4 Å². The summed E-state index contributed by atoms with van der Waals surface area (Å²) in [7, 11) is 0. The number of rotatable bonds is 5. The molecule has 2 unspecified atom stereocenters. The Morgan fingerprint density at radius 3 is 2.70 bits per heavy atom. The molecule has 0 spiro atoms. The number of morpholine rings is 1. The number of hydrogen-bond donors (Lipinski definition) is 2. The van der Waals surface area contributed by atoms with E-state index in [9.17, 15) is 4.79 Å². The third kappa shape index (κ3) is 4.40. The van der Waals surface area contributed by atoms with Gasteiger partial charge in [-0.3, -0.25) is 4.90 Å². The molecular weight excluding hydrogens is 342 g/mol. The number of hydrogen-bond acceptors (Lipinski definition) is 4. The molecule has 0 saturated carbocycles. The molecule has 27 heavy (non-hydrogen) atoms. The molecule has 6 nitrogen and oxygen atoms in total. The van der Waals surface area contributed by atoms with Crippen molar-refractivity contribution in [2.45, 2.75) is 12.5 Å². The summed E-state index contributed by atoms with van der Waals surface area (Å²) < 4.78 is 11.1. The molecule has 2 saturated heterocycles. The highest BCUT2D eigenvalue weighted by molar-refractivity contribution is 6.01. The van der Waals surface area contributed by atoms with Gasteiger partial charge in [-0.25, -0.2) is 4.79 Å². The number of benzene rings is 2. The Hall–Kier alpha value is -2.15. The monoisotopic (exact) mass is 369 g/mol. The van der Waals surface area contributed by atoms with Gasteiger partial charge in [-0.15, -0.1) is 0 Å². The minimum Gasteiger partial charge on any atom is -0.381 e. The predicted molar refractivity (Wildman–Crippen MR) is 106 cm³/mol. The topological polar surface area (TPSA) is 62.8 Å². The molecule has 0 radical (unpaired) electrons. The number of amides is 2. The van der Waals surface area contributed by atoms with E-state index < -0.39 is 0 Å². The average Bonchev–Trinajstić information content (AvgIpc) is 3.24. The van der Waals surface area contributed by atoms with Crippen LogP contribution in [0.25, 0.3) is 10.8 Å². The van der Waals surface area contributed by atoms with Crippen LogP contribution in [0.3, 0.4) is 0 Å². The van der Waals surface area contributed by atoms with Crippen LogP contribution in [0.5, 0.6) is 0 Å². The van der Waals surface area contributed by atoms with Crippen molar-refractivity contribution in [3.8, 4) is 0 Å². The molecule has 2 aromatic carbocycles. The Balaban J connectivity index is 1.40. The second-order valence-electron chi connectivity index (χ2n) is 7.20. The van der Waals surface area contributed by atoms with Gasteiger partial charge in [-0.1, -0.05) is 36.4 Å². The van der Waals surface area contributed by atoms with Gasteiger partial charge in [0, 0.05) is 43.6 Å². The number of fused-ring (bicyclic) bond motifs is 1. The molecule has 6 heteroatoms. The fourth-order valence-corrected chi connectivity index (χ4v) is 4.06. The molecule has 2 atom stereocenters. The van der Waals surface area contributed by atoms with Crippen molar-refractivity contribution in [1.82, 2.24) is 10.2 Å². The summed E-state index contributed by atoms with van der Waals surface area (Å²) in [6.45, 7) is 5.53. The number of anilines is 1. The SMILES string of the molecule is O=C(NCC(C1CCOC1)N1CCOCC1)Nc1cccc2ccccc12. The first-order valence-corrected chi connectivity index (χ1v) is 9.73. The molecule has 0 aliphatic carbocycles. The van der Waals surface area contributed by atoms with Gasteiger partial charge < -0.3 is 20.1 Å². The van der Waals surface area contributed by atoms with Crippen LogP contribution >= 0.6 is 0 Å². The Labute approximate surface area is 159 Å². The van der Waals surface area contributed by atoms with Crippen LogP contribution in [0.2, 0.25) is 0 Å². The summed E-state index contributed by atoms with van der Waals surface area (Å²) in [5.41, 5.74) is 0.831. The Morgan fingerprint density at radius 1 is 1.07 bits per heavy atom. The average molecular weight is 369 g/mol. The number of ether oxygens (including phenoxy) is 2. The molecule has 2 aliphatic heterocycles. The minimum absolute atomic E-state index is 0.163. The smallest absolute Gasteiger partial charge is 0.319 e. The lowest BCUT2D eigenvalue weighted by molar-refractivity contribution is 0.00222. The van der Waals surface area contributed by atoms with Crippen molar-refractivity contribution in [3.05, 3.63) is 42.5 Å². The van der Waals surface area contributed by atoms with Gasteiger partial charge in [-0.05, 0) is 17.9 Å². The second-order valence-corrected chi connectivity index (χ2v) is 7.20. The van der Waals surface area contributed by atoms with Crippen LogP contribution < -0.4 is 10.6 Å². The highest BCUT2D eigenvalue weighted by atomic mass is 16.5. The van der Waals surface area contributed by atoms with Gasteiger partial charge >= 0.3 is 6.03 Å². The zero-order valence-corrected chi connectivity index (χ0v) is 15.5. The van der Waals surface area contributed by atoms with Crippen LogP contribution in [0, 0.1) is 5.92 Å². The lowest BCUT2D eigenvalue weighted by Gasteiger charge is -2.37. The second kappa shape index (κ2) is 8.69. The van der Waals surface area contributed by atoms with Gasteiger partial charge in [0.25, 0.3) is 0 Å². The quantitative estimate of drug-likeness (QED) is 0.851. The van der Waals surface area contributed by atoms with Crippen LogP contribution in [0.15, 0.2) is 42.5 Å². The zero-order chi connectivity index (χ0) is 18.5. The molecule has 144 valence electrons. The maximum Gasteiger partial charge on any atom is 0.319 e. The number of carbonyl (C=O) groups excluding carboxylic acids is 1. The van der Waals surface area contributed by atoms with Gasteiger partial charge in [0.1, 0.15) is 0 Å². The summed E-state index contributed by atoms with van der Waals surface area (Å²) in [6, 6.07) is 14.1.